The zero-order valence-electron chi connectivity index (χ0n) is 15.6. The monoisotopic (exact) mass is 438 g/mol. The Kier molecular flexibility index (Phi) is 6.51. The predicted molar refractivity (Wildman–Crippen MR) is 104 cm³/mol. The van der Waals surface area contributed by atoms with Crippen LogP contribution in [0.5, 0.6) is 5.75 Å². The molecule has 2 heterocycles. The van der Waals surface area contributed by atoms with Crippen LogP contribution in [0.3, 0.4) is 0 Å². The summed E-state index contributed by atoms with van der Waals surface area (Å²) in [7, 11) is -3.95. The molecule has 1 aromatic carbocycles. The van der Waals surface area contributed by atoms with E-state index in [1.54, 1.807) is 31.2 Å². The molecule has 154 valence electrons. The number of benzene rings is 1. The lowest BCUT2D eigenvalue weighted by Crippen LogP contribution is -2.23. The average Bonchev–Trinajstić information content (AvgIpc) is 3.37. The Morgan fingerprint density at radius 2 is 1.97 bits per heavy atom. The number of carbonyl (C=O) groups excluding carboxylic acids is 1. The van der Waals surface area contributed by atoms with Gasteiger partial charge in [0.1, 0.15) is 5.75 Å². The van der Waals surface area contributed by atoms with E-state index in [1.807, 2.05) is 6.92 Å². The van der Waals surface area contributed by atoms with Gasteiger partial charge in [0, 0.05) is 12.0 Å². The molecule has 0 saturated heterocycles. The van der Waals surface area contributed by atoms with Gasteiger partial charge in [-0.05, 0) is 31.2 Å². The first-order chi connectivity index (χ1) is 13.9. The van der Waals surface area contributed by atoms with Crippen LogP contribution >= 0.6 is 11.3 Å². The smallest absolute Gasteiger partial charge is 0.270 e. The van der Waals surface area contributed by atoms with Crippen LogP contribution in [0, 0.1) is 0 Å². The van der Waals surface area contributed by atoms with E-state index in [-0.39, 0.29) is 34.2 Å². The Hall–Kier alpha value is -2.90. The summed E-state index contributed by atoms with van der Waals surface area (Å²) in [6, 6.07) is 7.11. The minimum absolute atomic E-state index is 0.0847. The first-order valence-electron chi connectivity index (χ1n) is 8.60. The van der Waals surface area contributed by atoms with E-state index >= 15 is 0 Å². The quantitative estimate of drug-likeness (QED) is 0.477. The fourth-order valence-corrected chi connectivity index (χ4v) is 4.04. The summed E-state index contributed by atoms with van der Waals surface area (Å²) in [5.74, 6) is 0.842. The molecule has 0 saturated carbocycles. The molecule has 1 amide bonds. The second-order valence-corrected chi connectivity index (χ2v) is 8.49. The number of hydrogen-bond donors (Lipinski definition) is 2. The number of anilines is 1. The van der Waals surface area contributed by atoms with Crippen molar-refractivity contribution in [3.8, 4) is 17.1 Å². The summed E-state index contributed by atoms with van der Waals surface area (Å²) in [5.41, 5.74) is 0.701. The number of rotatable bonds is 9. The van der Waals surface area contributed by atoms with E-state index < -0.39 is 10.0 Å². The molecule has 0 bridgehead atoms. The van der Waals surface area contributed by atoms with Gasteiger partial charge in [0.2, 0.25) is 27.1 Å². The van der Waals surface area contributed by atoms with E-state index in [4.69, 9.17) is 9.26 Å². The van der Waals surface area contributed by atoms with Crippen LogP contribution in [0.25, 0.3) is 11.4 Å². The van der Waals surface area contributed by atoms with Gasteiger partial charge in [-0.1, -0.05) is 23.4 Å². The number of ether oxygens (including phenoxy) is 1. The molecule has 0 radical (unpaired) electrons. The van der Waals surface area contributed by atoms with Crippen molar-refractivity contribution in [2.45, 2.75) is 31.2 Å². The molecule has 0 unspecified atom stereocenters. The fourth-order valence-electron chi connectivity index (χ4n) is 2.11. The van der Waals surface area contributed by atoms with Crippen LogP contribution in [0.1, 0.15) is 26.2 Å². The first-order valence-corrected chi connectivity index (χ1v) is 10.9. The van der Waals surface area contributed by atoms with Crippen LogP contribution in [-0.2, 0) is 21.4 Å². The molecule has 0 spiro atoms. The SMILES string of the molecule is CCOc1ccc(-c2noc(CNS(=O)(=O)c3nnc(NC(=O)CC)s3)n2)cc1. The highest BCUT2D eigenvalue weighted by Crippen LogP contribution is 2.21. The molecule has 2 N–H and O–H groups in total. The predicted octanol–water partition coefficient (Wildman–Crippen LogP) is 1.81. The molecule has 0 atom stereocenters. The molecule has 3 aromatic rings. The molecule has 11 nitrogen and oxygen atoms in total. The van der Waals surface area contributed by atoms with Gasteiger partial charge in [-0.15, -0.1) is 10.2 Å². The number of nitrogens with zero attached hydrogens (tertiary/aromatic N) is 4. The molecule has 0 fully saturated rings. The fraction of sp³-hybridized carbons (Fsp3) is 0.312. The normalized spacial score (nSPS) is 11.4. The van der Waals surface area contributed by atoms with Gasteiger partial charge >= 0.3 is 0 Å². The third-order valence-corrected chi connectivity index (χ3v) is 6.12. The van der Waals surface area contributed by atoms with Crippen LogP contribution in [0.4, 0.5) is 5.13 Å². The summed E-state index contributed by atoms with van der Waals surface area (Å²) in [4.78, 5) is 15.5. The summed E-state index contributed by atoms with van der Waals surface area (Å²) in [5, 5.41) is 13.6. The van der Waals surface area contributed by atoms with Crippen molar-refractivity contribution in [3.05, 3.63) is 30.2 Å². The molecule has 29 heavy (non-hydrogen) atoms. The summed E-state index contributed by atoms with van der Waals surface area (Å²) in [6.07, 6.45) is 0.244. The Balaban J connectivity index is 1.63. The number of carbonyl (C=O) groups is 1. The van der Waals surface area contributed by atoms with Gasteiger partial charge in [0.25, 0.3) is 10.0 Å². The van der Waals surface area contributed by atoms with Gasteiger partial charge in [-0.3, -0.25) is 4.79 Å². The third-order valence-electron chi connectivity index (χ3n) is 3.51. The maximum Gasteiger partial charge on any atom is 0.270 e. The van der Waals surface area contributed by atoms with Gasteiger partial charge < -0.3 is 14.6 Å². The van der Waals surface area contributed by atoms with Crippen molar-refractivity contribution < 1.29 is 22.5 Å². The Morgan fingerprint density at radius 1 is 1.21 bits per heavy atom. The largest absolute Gasteiger partial charge is 0.494 e. The van der Waals surface area contributed by atoms with Crippen LogP contribution in [0.15, 0.2) is 33.1 Å². The number of hydrogen-bond acceptors (Lipinski definition) is 10. The molecule has 0 aliphatic heterocycles. The van der Waals surface area contributed by atoms with Crippen molar-refractivity contribution in [1.29, 1.82) is 0 Å². The van der Waals surface area contributed by atoms with Gasteiger partial charge in [-0.25, -0.2) is 8.42 Å². The Morgan fingerprint density at radius 3 is 2.66 bits per heavy atom. The van der Waals surface area contributed by atoms with E-state index in [2.05, 4.69) is 30.4 Å². The van der Waals surface area contributed by atoms with Gasteiger partial charge in [0.05, 0.1) is 13.2 Å². The topological polar surface area (TPSA) is 149 Å². The van der Waals surface area contributed by atoms with Gasteiger partial charge in [-0.2, -0.15) is 9.71 Å². The highest BCUT2D eigenvalue weighted by atomic mass is 32.2. The van der Waals surface area contributed by atoms with E-state index in [0.29, 0.717) is 18.0 Å². The zero-order valence-corrected chi connectivity index (χ0v) is 17.2. The van der Waals surface area contributed by atoms with Crippen LogP contribution in [0.2, 0.25) is 0 Å². The molecule has 13 heteroatoms. The van der Waals surface area contributed by atoms with Crippen LogP contribution in [-0.4, -0.2) is 41.3 Å². The number of amides is 1. The second-order valence-electron chi connectivity index (χ2n) is 5.57. The molecule has 0 aliphatic carbocycles. The number of aromatic nitrogens is 4. The maximum atomic E-state index is 12.3. The number of nitrogens with one attached hydrogen (secondary N) is 2. The summed E-state index contributed by atoms with van der Waals surface area (Å²) < 4.78 is 37.2. The second kappa shape index (κ2) is 9.07. The van der Waals surface area contributed by atoms with Crippen molar-refractivity contribution in [2.75, 3.05) is 11.9 Å². The number of sulfonamides is 1. The van der Waals surface area contributed by atoms with E-state index in [9.17, 15) is 13.2 Å². The average molecular weight is 438 g/mol. The zero-order chi connectivity index (χ0) is 20.9. The van der Waals surface area contributed by atoms with E-state index in [1.165, 1.54) is 0 Å². The highest BCUT2D eigenvalue weighted by Gasteiger charge is 2.22. The van der Waals surface area contributed by atoms with Crippen molar-refractivity contribution in [2.24, 2.45) is 0 Å². The molecular weight excluding hydrogens is 420 g/mol. The third kappa shape index (κ3) is 5.34. The molecular formula is C16H18N6O5S2. The van der Waals surface area contributed by atoms with Crippen molar-refractivity contribution >= 4 is 32.4 Å². The minimum atomic E-state index is -3.95. The standard InChI is InChI=1S/C16H18N6O5S2/c1-3-12(23)18-15-20-21-16(28-15)29(24,25)17-9-13-19-14(22-27-13)10-5-7-11(8-6-10)26-4-2/h5-8,17H,3-4,9H2,1-2H3,(H,18,20,23). The lowest BCUT2D eigenvalue weighted by Gasteiger charge is -2.02. The minimum Gasteiger partial charge on any atom is -0.494 e. The molecule has 2 aromatic heterocycles. The van der Waals surface area contributed by atoms with Crippen LogP contribution < -0.4 is 14.8 Å². The maximum absolute atomic E-state index is 12.3. The Bertz CT molecular complexity index is 1080. The lowest BCUT2D eigenvalue weighted by molar-refractivity contribution is -0.115. The summed E-state index contributed by atoms with van der Waals surface area (Å²) in [6.45, 7) is 3.90. The van der Waals surface area contributed by atoms with E-state index in [0.717, 1.165) is 17.1 Å². The molecule has 0 aliphatic rings. The highest BCUT2D eigenvalue weighted by molar-refractivity contribution is 7.91. The first kappa shape index (κ1) is 20.8. The van der Waals surface area contributed by atoms with Crippen molar-refractivity contribution in [3.63, 3.8) is 0 Å². The summed E-state index contributed by atoms with van der Waals surface area (Å²) >= 11 is 0.743. The molecule has 3 rings (SSSR count). The van der Waals surface area contributed by atoms with Crippen molar-refractivity contribution in [1.82, 2.24) is 25.1 Å². The van der Waals surface area contributed by atoms with Gasteiger partial charge in [0.15, 0.2) is 0 Å². The lowest BCUT2D eigenvalue weighted by atomic mass is 10.2. The Labute approximate surface area is 170 Å².